The van der Waals surface area contributed by atoms with E-state index < -0.39 is 0 Å². The second-order valence-corrected chi connectivity index (χ2v) is 5.69. The molecule has 0 radical (unpaired) electrons. The fourth-order valence-electron chi connectivity index (χ4n) is 2.32. The highest BCUT2D eigenvalue weighted by Crippen LogP contribution is 2.30. The molecule has 0 unspecified atom stereocenters. The van der Waals surface area contributed by atoms with Gasteiger partial charge >= 0.3 is 0 Å². The van der Waals surface area contributed by atoms with Crippen LogP contribution < -0.4 is 10.6 Å². The molecule has 5 nitrogen and oxygen atoms in total. The standard InChI is InChI=1S/C17H17ClN4O/c1-11-6-12(2)17(14(18)7-11)22-16-8-15(20-10-21-16)19-9-13-4-3-5-23-13/h3-8,10H,9H2,1-2H3,(H2,19,20,21,22). The topological polar surface area (TPSA) is 63.0 Å². The maximum Gasteiger partial charge on any atom is 0.135 e. The highest BCUT2D eigenvalue weighted by Gasteiger charge is 2.07. The molecule has 0 aliphatic heterocycles. The van der Waals surface area contributed by atoms with Crippen molar-refractivity contribution in [2.45, 2.75) is 20.4 Å². The molecule has 3 rings (SSSR count). The summed E-state index contributed by atoms with van der Waals surface area (Å²) in [6.45, 7) is 4.59. The number of aromatic nitrogens is 2. The minimum atomic E-state index is 0.563. The zero-order valence-electron chi connectivity index (χ0n) is 12.9. The Kier molecular flexibility index (Phi) is 4.48. The highest BCUT2D eigenvalue weighted by atomic mass is 35.5. The van der Waals surface area contributed by atoms with Crippen LogP contribution in [0, 0.1) is 13.8 Å². The van der Waals surface area contributed by atoms with E-state index >= 15 is 0 Å². The van der Waals surface area contributed by atoms with Gasteiger partial charge in [0.2, 0.25) is 0 Å². The van der Waals surface area contributed by atoms with E-state index in [0.29, 0.717) is 23.2 Å². The van der Waals surface area contributed by atoms with Gasteiger partial charge in [-0.05, 0) is 43.2 Å². The molecule has 0 amide bonds. The molecule has 0 spiro atoms. The lowest BCUT2D eigenvalue weighted by Crippen LogP contribution is -2.03. The molecule has 1 aromatic carbocycles. The summed E-state index contributed by atoms with van der Waals surface area (Å²) in [5.41, 5.74) is 3.05. The molecule has 0 aliphatic rings. The Balaban J connectivity index is 1.75. The van der Waals surface area contributed by atoms with Gasteiger partial charge in [0, 0.05) is 6.07 Å². The zero-order chi connectivity index (χ0) is 16.2. The van der Waals surface area contributed by atoms with E-state index in [1.54, 1.807) is 6.26 Å². The summed E-state index contributed by atoms with van der Waals surface area (Å²) in [6.07, 6.45) is 3.15. The van der Waals surface area contributed by atoms with Gasteiger partial charge in [-0.1, -0.05) is 17.7 Å². The van der Waals surface area contributed by atoms with Gasteiger partial charge in [-0.25, -0.2) is 9.97 Å². The SMILES string of the molecule is Cc1cc(C)c(Nc2cc(NCc3ccco3)ncn2)c(Cl)c1. The Morgan fingerprint density at radius 1 is 1.13 bits per heavy atom. The van der Waals surface area contributed by atoms with Crippen molar-refractivity contribution in [3.05, 3.63) is 64.8 Å². The minimum Gasteiger partial charge on any atom is -0.467 e. The van der Waals surface area contributed by atoms with Gasteiger partial charge in [0.1, 0.15) is 23.7 Å². The summed E-state index contributed by atoms with van der Waals surface area (Å²) in [6, 6.07) is 9.59. The summed E-state index contributed by atoms with van der Waals surface area (Å²) in [5, 5.41) is 7.12. The molecule has 2 aromatic heterocycles. The molecular weight excluding hydrogens is 312 g/mol. The molecule has 0 aliphatic carbocycles. The van der Waals surface area contributed by atoms with E-state index in [1.807, 2.05) is 38.1 Å². The van der Waals surface area contributed by atoms with Crippen LogP contribution in [-0.2, 0) is 6.54 Å². The third-order valence-electron chi connectivity index (χ3n) is 3.38. The fourth-order valence-corrected chi connectivity index (χ4v) is 2.68. The Bertz CT molecular complexity index is 779. The second kappa shape index (κ2) is 6.71. The highest BCUT2D eigenvalue weighted by molar-refractivity contribution is 6.33. The first-order valence-electron chi connectivity index (χ1n) is 7.24. The van der Waals surface area contributed by atoms with E-state index in [0.717, 1.165) is 22.6 Å². The summed E-state index contributed by atoms with van der Waals surface area (Å²) in [4.78, 5) is 8.44. The number of benzene rings is 1. The molecule has 6 heteroatoms. The van der Waals surface area contributed by atoms with Crippen molar-refractivity contribution in [3.63, 3.8) is 0 Å². The summed E-state index contributed by atoms with van der Waals surface area (Å²) in [7, 11) is 0. The quantitative estimate of drug-likeness (QED) is 0.711. The minimum absolute atomic E-state index is 0.563. The third kappa shape index (κ3) is 3.81. The number of hydrogen-bond donors (Lipinski definition) is 2. The van der Waals surface area contributed by atoms with Crippen LogP contribution in [0.5, 0.6) is 0 Å². The molecule has 0 saturated carbocycles. The van der Waals surface area contributed by atoms with Crippen LogP contribution in [0.1, 0.15) is 16.9 Å². The molecule has 0 fully saturated rings. The average molecular weight is 329 g/mol. The first-order valence-corrected chi connectivity index (χ1v) is 7.61. The van der Waals surface area contributed by atoms with Crippen molar-refractivity contribution in [1.29, 1.82) is 0 Å². The van der Waals surface area contributed by atoms with Crippen LogP contribution in [0.3, 0.4) is 0 Å². The van der Waals surface area contributed by atoms with Crippen LogP contribution >= 0.6 is 11.6 Å². The summed E-state index contributed by atoms with van der Waals surface area (Å²) in [5.74, 6) is 2.23. The first kappa shape index (κ1) is 15.4. The molecule has 0 atom stereocenters. The molecule has 2 N–H and O–H groups in total. The third-order valence-corrected chi connectivity index (χ3v) is 3.67. The van der Waals surface area contributed by atoms with Crippen molar-refractivity contribution >= 4 is 28.9 Å². The van der Waals surface area contributed by atoms with E-state index in [9.17, 15) is 0 Å². The number of halogens is 1. The zero-order valence-corrected chi connectivity index (χ0v) is 13.7. The van der Waals surface area contributed by atoms with Gasteiger partial charge in [0.15, 0.2) is 0 Å². The molecule has 3 aromatic rings. The van der Waals surface area contributed by atoms with Crippen LogP contribution in [-0.4, -0.2) is 9.97 Å². The molecule has 2 heterocycles. The van der Waals surface area contributed by atoms with Crippen molar-refractivity contribution < 1.29 is 4.42 Å². The van der Waals surface area contributed by atoms with E-state index in [2.05, 4.69) is 26.7 Å². The van der Waals surface area contributed by atoms with Crippen LogP contribution in [0.15, 0.2) is 47.3 Å². The largest absolute Gasteiger partial charge is 0.467 e. The van der Waals surface area contributed by atoms with E-state index in [-0.39, 0.29) is 0 Å². The second-order valence-electron chi connectivity index (χ2n) is 5.29. The first-order chi connectivity index (χ1) is 11.1. The molecule has 118 valence electrons. The van der Waals surface area contributed by atoms with Crippen molar-refractivity contribution in [2.24, 2.45) is 0 Å². The number of furan rings is 1. The van der Waals surface area contributed by atoms with Crippen LogP contribution in [0.25, 0.3) is 0 Å². The van der Waals surface area contributed by atoms with Crippen molar-refractivity contribution in [1.82, 2.24) is 9.97 Å². The maximum atomic E-state index is 6.32. The van der Waals surface area contributed by atoms with Gasteiger partial charge in [-0.3, -0.25) is 0 Å². The summed E-state index contributed by atoms with van der Waals surface area (Å²) < 4.78 is 5.28. The maximum absolute atomic E-state index is 6.32. The monoisotopic (exact) mass is 328 g/mol. The summed E-state index contributed by atoms with van der Waals surface area (Å²) >= 11 is 6.32. The lowest BCUT2D eigenvalue weighted by atomic mass is 10.1. The number of aryl methyl sites for hydroxylation is 2. The van der Waals surface area contributed by atoms with E-state index in [4.69, 9.17) is 16.0 Å². The van der Waals surface area contributed by atoms with Crippen LogP contribution in [0.2, 0.25) is 5.02 Å². The normalized spacial score (nSPS) is 10.6. The lowest BCUT2D eigenvalue weighted by Gasteiger charge is -2.12. The smallest absolute Gasteiger partial charge is 0.135 e. The fraction of sp³-hybridized carbons (Fsp3) is 0.176. The van der Waals surface area contributed by atoms with Gasteiger partial charge in [0.25, 0.3) is 0 Å². The average Bonchev–Trinajstić information content (AvgIpc) is 3.03. The van der Waals surface area contributed by atoms with Gasteiger partial charge in [0.05, 0.1) is 23.5 Å². The predicted octanol–water partition coefficient (Wildman–Crippen LogP) is 4.70. The Morgan fingerprint density at radius 3 is 2.70 bits per heavy atom. The van der Waals surface area contributed by atoms with Crippen molar-refractivity contribution in [2.75, 3.05) is 10.6 Å². The van der Waals surface area contributed by atoms with Gasteiger partial charge in [-0.2, -0.15) is 0 Å². The molecule has 23 heavy (non-hydrogen) atoms. The number of nitrogens with one attached hydrogen (secondary N) is 2. The molecule has 0 saturated heterocycles. The van der Waals surface area contributed by atoms with E-state index in [1.165, 1.54) is 6.33 Å². The van der Waals surface area contributed by atoms with Gasteiger partial charge in [-0.15, -0.1) is 0 Å². The number of rotatable bonds is 5. The lowest BCUT2D eigenvalue weighted by molar-refractivity contribution is 0.518. The Hall–Kier alpha value is -2.53. The predicted molar refractivity (Wildman–Crippen MR) is 92.3 cm³/mol. The molecule has 0 bridgehead atoms. The van der Waals surface area contributed by atoms with Crippen LogP contribution in [0.4, 0.5) is 17.3 Å². The number of anilines is 3. The number of nitrogens with zero attached hydrogens (tertiary/aromatic N) is 2. The van der Waals surface area contributed by atoms with Crippen molar-refractivity contribution in [3.8, 4) is 0 Å². The number of hydrogen-bond acceptors (Lipinski definition) is 5. The van der Waals surface area contributed by atoms with Gasteiger partial charge < -0.3 is 15.1 Å². The Labute approximate surface area is 139 Å². The Morgan fingerprint density at radius 2 is 1.96 bits per heavy atom. The molecular formula is C17H17ClN4O.